The summed E-state index contributed by atoms with van der Waals surface area (Å²) >= 11 is 7.30. The molecular weight excluding hydrogens is 306 g/mol. The van der Waals surface area contributed by atoms with Crippen molar-refractivity contribution in [2.24, 2.45) is 0 Å². The van der Waals surface area contributed by atoms with Crippen molar-refractivity contribution in [2.75, 3.05) is 5.73 Å². The van der Waals surface area contributed by atoms with E-state index in [-0.39, 0.29) is 22.3 Å². The van der Waals surface area contributed by atoms with Crippen LogP contribution in [0.1, 0.15) is 9.75 Å². The molecule has 2 aromatic heterocycles. The molecule has 0 aliphatic rings. The molecule has 0 unspecified atom stereocenters. The molecule has 102 valence electrons. The van der Waals surface area contributed by atoms with Gasteiger partial charge in [-0.3, -0.25) is 0 Å². The number of halogens is 1. The van der Waals surface area contributed by atoms with Crippen LogP contribution in [-0.4, -0.2) is 13.4 Å². The number of sulfonamides is 1. The number of hydrogen-bond donors (Lipinski definition) is 2. The highest BCUT2D eigenvalue weighted by Crippen LogP contribution is 2.20. The number of thiophene rings is 1. The molecule has 0 atom stereocenters. The Bertz CT molecular complexity index is 698. The first kappa shape index (κ1) is 14.3. The Balaban J connectivity index is 2.16. The zero-order valence-electron chi connectivity index (χ0n) is 10.1. The molecule has 0 saturated carbocycles. The number of aryl methyl sites for hydroxylation is 1. The van der Waals surface area contributed by atoms with Crippen molar-refractivity contribution < 1.29 is 8.42 Å². The SMILES string of the molecule is Cc1ccc(CNS(=O)(=O)c2cnc(N)c(Cl)c2)s1. The number of nitrogens with one attached hydrogen (secondary N) is 1. The molecule has 0 aromatic carbocycles. The van der Waals surface area contributed by atoms with Gasteiger partial charge in [0.15, 0.2) is 0 Å². The first-order valence-electron chi connectivity index (χ1n) is 5.34. The van der Waals surface area contributed by atoms with Gasteiger partial charge in [-0.2, -0.15) is 0 Å². The maximum Gasteiger partial charge on any atom is 0.242 e. The summed E-state index contributed by atoms with van der Waals surface area (Å²) in [5.41, 5.74) is 5.44. The average molecular weight is 318 g/mol. The third kappa shape index (κ3) is 3.44. The first-order chi connectivity index (χ1) is 8.88. The molecule has 0 aliphatic heterocycles. The number of rotatable bonds is 4. The molecule has 0 saturated heterocycles. The quantitative estimate of drug-likeness (QED) is 0.905. The predicted molar refractivity (Wildman–Crippen MR) is 76.7 cm³/mol. The Morgan fingerprint density at radius 1 is 1.47 bits per heavy atom. The van der Waals surface area contributed by atoms with E-state index in [9.17, 15) is 8.42 Å². The van der Waals surface area contributed by atoms with Crippen LogP contribution in [0.15, 0.2) is 29.3 Å². The van der Waals surface area contributed by atoms with Crippen LogP contribution in [0.2, 0.25) is 5.02 Å². The van der Waals surface area contributed by atoms with Crippen LogP contribution in [0.3, 0.4) is 0 Å². The standard InChI is InChI=1S/C11H12ClN3O2S2/c1-7-2-3-8(18-7)5-15-19(16,17)9-4-10(12)11(13)14-6-9/h2-4,6,15H,5H2,1H3,(H2,13,14). The van der Waals surface area contributed by atoms with Gasteiger partial charge in [0, 0.05) is 22.5 Å². The molecule has 2 rings (SSSR count). The van der Waals surface area contributed by atoms with Gasteiger partial charge < -0.3 is 5.73 Å². The molecule has 0 amide bonds. The smallest absolute Gasteiger partial charge is 0.242 e. The van der Waals surface area contributed by atoms with E-state index < -0.39 is 10.0 Å². The molecular formula is C11H12ClN3O2S2. The van der Waals surface area contributed by atoms with E-state index in [1.54, 1.807) is 11.3 Å². The van der Waals surface area contributed by atoms with Crippen molar-refractivity contribution in [1.82, 2.24) is 9.71 Å². The van der Waals surface area contributed by atoms with Gasteiger partial charge in [0.2, 0.25) is 10.0 Å². The van der Waals surface area contributed by atoms with Crippen LogP contribution in [0, 0.1) is 6.92 Å². The maximum atomic E-state index is 12.0. The summed E-state index contributed by atoms with van der Waals surface area (Å²) in [7, 11) is -3.63. The second kappa shape index (κ2) is 5.46. The predicted octanol–water partition coefficient (Wildman–Crippen LogP) is 2.17. The lowest BCUT2D eigenvalue weighted by Crippen LogP contribution is -2.23. The van der Waals surface area contributed by atoms with Gasteiger partial charge in [0.1, 0.15) is 10.7 Å². The molecule has 5 nitrogen and oxygen atoms in total. The highest BCUT2D eigenvalue weighted by Gasteiger charge is 2.16. The summed E-state index contributed by atoms with van der Waals surface area (Å²) < 4.78 is 26.6. The van der Waals surface area contributed by atoms with Crippen molar-refractivity contribution in [3.05, 3.63) is 39.2 Å². The van der Waals surface area contributed by atoms with Crippen molar-refractivity contribution in [3.8, 4) is 0 Å². The largest absolute Gasteiger partial charge is 0.382 e. The van der Waals surface area contributed by atoms with Gasteiger partial charge in [-0.05, 0) is 25.1 Å². The Morgan fingerprint density at radius 3 is 2.79 bits per heavy atom. The van der Waals surface area contributed by atoms with E-state index in [1.165, 1.54) is 12.3 Å². The van der Waals surface area contributed by atoms with Crippen LogP contribution < -0.4 is 10.5 Å². The normalized spacial score (nSPS) is 11.7. The molecule has 2 aromatic rings. The van der Waals surface area contributed by atoms with Crippen molar-refractivity contribution in [1.29, 1.82) is 0 Å². The zero-order valence-corrected chi connectivity index (χ0v) is 12.4. The molecule has 0 fully saturated rings. The Hall–Kier alpha value is -1.15. The molecule has 0 radical (unpaired) electrons. The number of anilines is 1. The molecule has 0 spiro atoms. The van der Waals surface area contributed by atoms with Crippen LogP contribution >= 0.6 is 22.9 Å². The first-order valence-corrected chi connectivity index (χ1v) is 8.02. The second-order valence-corrected chi connectivity index (χ2v) is 7.42. The number of nitrogens with zero attached hydrogens (tertiary/aromatic N) is 1. The Labute approximate surface area is 120 Å². The van der Waals surface area contributed by atoms with Gasteiger partial charge in [-0.25, -0.2) is 18.1 Å². The van der Waals surface area contributed by atoms with E-state index in [0.717, 1.165) is 9.75 Å². The maximum absolute atomic E-state index is 12.0. The summed E-state index contributed by atoms with van der Waals surface area (Å²) in [6.45, 7) is 2.20. The molecule has 3 N–H and O–H groups in total. The molecule has 2 heterocycles. The van der Waals surface area contributed by atoms with E-state index in [4.69, 9.17) is 17.3 Å². The molecule has 0 bridgehead atoms. The fraction of sp³-hybridized carbons (Fsp3) is 0.182. The van der Waals surface area contributed by atoms with Crippen molar-refractivity contribution >= 4 is 38.8 Å². The van der Waals surface area contributed by atoms with Crippen LogP contribution in [-0.2, 0) is 16.6 Å². The third-order valence-electron chi connectivity index (χ3n) is 2.39. The molecule has 19 heavy (non-hydrogen) atoms. The number of nitrogen functional groups attached to an aromatic ring is 1. The third-order valence-corrected chi connectivity index (χ3v) is 5.06. The van der Waals surface area contributed by atoms with Crippen LogP contribution in [0.4, 0.5) is 5.82 Å². The minimum Gasteiger partial charge on any atom is -0.382 e. The average Bonchev–Trinajstić information content (AvgIpc) is 2.76. The van der Waals surface area contributed by atoms with E-state index in [1.807, 2.05) is 19.1 Å². The zero-order chi connectivity index (χ0) is 14.0. The minimum atomic E-state index is -3.63. The fourth-order valence-corrected chi connectivity index (χ4v) is 3.54. The Kier molecular flexibility index (Phi) is 4.10. The number of nitrogens with two attached hydrogens (primary N) is 1. The van der Waals surface area contributed by atoms with Gasteiger partial charge in [0.05, 0.1) is 5.02 Å². The van der Waals surface area contributed by atoms with Crippen LogP contribution in [0.25, 0.3) is 0 Å². The lowest BCUT2D eigenvalue weighted by atomic mass is 10.4. The second-order valence-electron chi connectivity index (χ2n) is 3.87. The van der Waals surface area contributed by atoms with Gasteiger partial charge in [0.25, 0.3) is 0 Å². The number of aromatic nitrogens is 1. The van der Waals surface area contributed by atoms with Crippen molar-refractivity contribution in [2.45, 2.75) is 18.4 Å². The van der Waals surface area contributed by atoms with E-state index in [0.29, 0.717) is 0 Å². The van der Waals surface area contributed by atoms with Gasteiger partial charge >= 0.3 is 0 Å². The summed E-state index contributed by atoms with van der Waals surface area (Å²) in [6.07, 6.45) is 1.18. The monoisotopic (exact) mass is 317 g/mol. The van der Waals surface area contributed by atoms with E-state index in [2.05, 4.69) is 9.71 Å². The number of hydrogen-bond acceptors (Lipinski definition) is 5. The van der Waals surface area contributed by atoms with Gasteiger partial charge in [-0.15, -0.1) is 11.3 Å². The minimum absolute atomic E-state index is 0.0000203. The summed E-state index contributed by atoms with van der Waals surface area (Å²) in [5.74, 6) is 0.106. The molecule has 8 heteroatoms. The van der Waals surface area contributed by atoms with Crippen molar-refractivity contribution in [3.63, 3.8) is 0 Å². The summed E-state index contributed by atoms with van der Waals surface area (Å²) in [5, 5.41) is 0.120. The van der Waals surface area contributed by atoms with Gasteiger partial charge in [-0.1, -0.05) is 11.6 Å². The molecule has 0 aliphatic carbocycles. The Morgan fingerprint density at radius 2 is 2.21 bits per heavy atom. The van der Waals surface area contributed by atoms with E-state index >= 15 is 0 Å². The highest BCUT2D eigenvalue weighted by atomic mass is 35.5. The highest BCUT2D eigenvalue weighted by molar-refractivity contribution is 7.89. The fourth-order valence-electron chi connectivity index (χ4n) is 1.41. The lowest BCUT2D eigenvalue weighted by molar-refractivity contribution is 0.581. The van der Waals surface area contributed by atoms with Crippen LogP contribution in [0.5, 0.6) is 0 Å². The summed E-state index contributed by atoms with van der Waals surface area (Å²) in [4.78, 5) is 5.80. The lowest BCUT2D eigenvalue weighted by Gasteiger charge is -2.06. The topological polar surface area (TPSA) is 85.1 Å². The number of pyridine rings is 1. The summed E-state index contributed by atoms with van der Waals surface area (Å²) in [6, 6.07) is 5.11.